The second-order valence-electron chi connectivity index (χ2n) is 5.71. The molecular weight excluding hydrogens is 302 g/mol. The van der Waals surface area contributed by atoms with Crippen LogP contribution in [0.1, 0.15) is 12.5 Å². The Hall–Kier alpha value is -3.08. The molecule has 0 fully saturated rings. The first-order valence-electron chi connectivity index (χ1n) is 7.75. The lowest BCUT2D eigenvalue weighted by Crippen LogP contribution is -2.19. The van der Waals surface area contributed by atoms with Gasteiger partial charge in [0, 0.05) is 30.0 Å². The molecule has 0 aliphatic rings. The molecule has 5 nitrogen and oxygen atoms in total. The molecule has 5 heteroatoms. The second-order valence-corrected chi connectivity index (χ2v) is 5.71. The van der Waals surface area contributed by atoms with E-state index in [1.807, 2.05) is 60.2 Å². The van der Waals surface area contributed by atoms with Crippen molar-refractivity contribution < 1.29 is 9.59 Å². The summed E-state index contributed by atoms with van der Waals surface area (Å²) in [5, 5.41) is 6.78. The quantitative estimate of drug-likeness (QED) is 0.772. The van der Waals surface area contributed by atoms with Crippen molar-refractivity contribution in [3.05, 3.63) is 60.3 Å². The number of nitrogens with one attached hydrogen (secondary N) is 2. The highest BCUT2D eigenvalue weighted by Crippen LogP contribution is 2.23. The van der Waals surface area contributed by atoms with Gasteiger partial charge < -0.3 is 15.2 Å². The summed E-state index contributed by atoms with van der Waals surface area (Å²) in [6.45, 7) is 3.56. The van der Waals surface area contributed by atoms with E-state index in [0.717, 1.165) is 16.5 Å². The molecule has 122 valence electrons. The smallest absolute Gasteiger partial charge is 0.244 e. The number of para-hydroxylation sites is 1. The van der Waals surface area contributed by atoms with E-state index < -0.39 is 0 Å². The molecule has 1 heterocycles. The second kappa shape index (κ2) is 6.58. The van der Waals surface area contributed by atoms with Crippen LogP contribution in [-0.2, 0) is 16.1 Å². The van der Waals surface area contributed by atoms with Crippen molar-refractivity contribution in [1.29, 1.82) is 0 Å². The minimum Gasteiger partial charge on any atom is -0.338 e. The van der Waals surface area contributed by atoms with Crippen LogP contribution in [0.25, 0.3) is 10.9 Å². The minimum atomic E-state index is -0.139. The van der Waals surface area contributed by atoms with Gasteiger partial charge in [-0.1, -0.05) is 24.3 Å². The van der Waals surface area contributed by atoms with Crippen LogP contribution in [0.2, 0.25) is 0 Å². The third-order valence-electron chi connectivity index (χ3n) is 3.91. The van der Waals surface area contributed by atoms with Gasteiger partial charge in [0.05, 0.1) is 0 Å². The van der Waals surface area contributed by atoms with Crippen LogP contribution < -0.4 is 10.6 Å². The van der Waals surface area contributed by atoms with Crippen molar-refractivity contribution in [1.82, 2.24) is 4.57 Å². The molecule has 1 aromatic heterocycles. The van der Waals surface area contributed by atoms with E-state index in [0.29, 0.717) is 11.4 Å². The zero-order chi connectivity index (χ0) is 17.1. The van der Waals surface area contributed by atoms with E-state index in [1.165, 1.54) is 6.92 Å². The first-order valence-corrected chi connectivity index (χ1v) is 7.75. The molecule has 2 aromatic carbocycles. The van der Waals surface area contributed by atoms with Crippen molar-refractivity contribution in [3.63, 3.8) is 0 Å². The van der Waals surface area contributed by atoms with Crippen LogP contribution >= 0.6 is 0 Å². The molecule has 24 heavy (non-hydrogen) atoms. The molecule has 0 spiro atoms. The fraction of sp³-hybridized carbons (Fsp3) is 0.158. The summed E-state index contributed by atoms with van der Waals surface area (Å²) in [5.74, 6) is -0.250. The SMILES string of the molecule is CC(=O)Nc1cccc(NC(=O)Cn2ccc3ccccc32)c1C. The van der Waals surface area contributed by atoms with Crippen LogP contribution in [0.3, 0.4) is 0 Å². The molecule has 0 unspecified atom stereocenters. The van der Waals surface area contributed by atoms with E-state index in [1.54, 1.807) is 6.07 Å². The normalized spacial score (nSPS) is 10.6. The molecule has 0 aliphatic carbocycles. The number of nitrogens with zero attached hydrogens (tertiary/aromatic N) is 1. The average molecular weight is 321 g/mol. The van der Waals surface area contributed by atoms with E-state index >= 15 is 0 Å². The van der Waals surface area contributed by atoms with Crippen LogP contribution in [0, 0.1) is 6.92 Å². The maximum Gasteiger partial charge on any atom is 0.244 e. The largest absolute Gasteiger partial charge is 0.338 e. The minimum absolute atomic E-state index is 0.112. The Morgan fingerprint density at radius 3 is 2.42 bits per heavy atom. The van der Waals surface area contributed by atoms with Gasteiger partial charge in [-0.2, -0.15) is 0 Å². The zero-order valence-electron chi connectivity index (χ0n) is 13.7. The molecule has 0 aliphatic heterocycles. The number of benzene rings is 2. The number of aromatic nitrogens is 1. The number of hydrogen-bond donors (Lipinski definition) is 2. The molecule has 0 saturated carbocycles. The lowest BCUT2D eigenvalue weighted by atomic mass is 10.1. The van der Waals surface area contributed by atoms with E-state index in [4.69, 9.17) is 0 Å². The van der Waals surface area contributed by atoms with Gasteiger partial charge in [-0.15, -0.1) is 0 Å². The maximum atomic E-state index is 12.4. The van der Waals surface area contributed by atoms with Crippen molar-refractivity contribution in [3.8, 4) is 0 Å². The highest BCUT2D eigenvalue weighted by atomic mass is 16.2. The summed E-state index contributed by atoms with van der Waals surface area (Å²) in [7, 11) is 0. The van der Waals surface area contributed by atoms with Crippen LogP contribution in [0.5, 0.6) is 0 Å². The first-order chi connectivity index (χ1) is 11.5. The number of hydrogen-bond acceptors (Lipinski definition) is 2. The van der Waals surface area contributed by atoms with Gasteiger partial charge in [0.2, 0.25) is 11.8 Å². The van der Waals surface area contributed by atoms with Gasteiger partial charge in [-0.05, 0) is 42.1 Å². The fourth-order valence-electron chi connectivity index (χ4n) is 2.72. The summed E-state index contributed by atoms with van der Waals surface area (Å²) in [5.41, 5.74) is 3.25. The van der Waals surface area contributed by atoms with Gasteiger partial charge >= 0.3 is 0 Å². The number of rotatable bonds is 4. The van der Waals surface area contributed by atoms with Crippen molar-refractivity contribution in [2.24, 2.45) is 0 Å². The van der Waals surface area contributed by atoms with Crippen LogP contribution in [0.4, 0.5) is 11.4 Å². The molecule has 0 saturated heterocycles. The third kappa shape index (κ3) is 3.30. The topological polar surface area (TPSA) is 63.1 Å². The summed E-state index contributed by atoms with van der Waals surface area (Å²) >= 11 is 0. The number of anilines is 2. The molecule has 0 bridgehead atoms. The Morgan fingerprint density at radius 1 is 0.958 bits per heavy atom. The fourth-order valence-corrected chi connectivity index (χ4v) is 2.72. The van der Waals surface area contributed by atoms with Crippen molar-refractivity contribution in [2.75, 3.05) is 10.6 Å². The molecule has 3 aromatic rings. The van der Waals surface area contributed by atoms with Gasteiger partial charge in [-0.25, -0.2) is 0 Å². The standard InChI is InChI=1S/C19H19N3O2/c1-13-16(20-14(2)23)7-5-8-17(13)21-19(24)12-22-11-10-15-6-3-4-9-18(15)22/h3-11H,12H2,1-2H3,(H,20,23)(H,21,24). The predicted octanol–water partition coefficient (Wildman–Crippen LogP) is 3.55. The van der Waals surface area contributed by atoms with Crippen LogP contribution in [0.15, 0.2) is 54.7 Å². The number of amides is 2. The molecule has 0 radical (unpaired) electrons. The lowest BCUT2D eigenvalue weighted by molar-refractivity contribution is -0.116. The van der Waals surface area contributed by atoms with Gasteiger partial charge in [0.1, 0.15) is 6.54 Å². The Morgan fingerprint density at radius 2 is 1.67 bits per heavy atom. The summed E-state index contributed by atoms with van der Waals surface area (Å²) in [6, 6.07) is 15.4. The van der Waals surface area contributed by atoms with Gasteiger partial charge in [0.25, 0.3) is 0 Å². The summed E-state index contributed by atoms with van der Waals surface area (Å²) < 4.78 is 1.91. The molecule has 0 atom stereocenters. The predicted molar refractivity (Wildman–Crippen MR) is 96.1 cm³/mol. The Balaban J connectivity index is 1.77. The Kier molecular flexibility index (Phi) is 4.33. The monoisotopic (exact) mass is 321 g/mol. The highest BCUT2D eigenvalue weighted by Gasteiger charge is 2.10. The Labute approximate surface area is 140 Å². The Bertz CT molecular complexity index is 912. The highest BCUT2D eigenvalue weighted by molar-refractivity contribution is 5.95. The van der Waals surface area contributed by atoms with E-state index in [-0.39, 0.29) is 18.4 Å². The van der Waals surface area contributed by atoms with Gasteiger partial charge in [-0.3, -0.25) is 9.59 Å². The van der Waals surface area contributed by atoms with Gasteiger partial charge in [0.15, 0.2) is 0 Å². The summed E-state index contributed by atoms with van der Waals surface area (Å²) in [6.07, 6.45) is 1.91. The lowest BCUT2D eigenvalue weighted by Gasteiger charge is -2.13. The third-order valence-corrected chi connectivity index (χ3v) is 3.91. The molecule has 2 amide bonds. The number of carbonyl (C=O) groups excluding carboxylic acids is 2. The van der Waals surface area contributed by atoms with E-state index in [2.05, 4.69) is 10.6 Å². The van der Waals surface area contributed by atoms with Crippen molar-refractivity contribution >= 4 is 34.1 Å². The first kappa shape index (κ1) is 15.8. The number of fused-ring (bicyclic) bond motifs is 1. The van der Waals surface area contributed by atoms with E-state index in [9.17, 15) is 9.59 Å². The molecular formula is C19H19N3O2. The number of carbonyl (C=O) groups is 2. The molecule has 2 N–H and O–H groups in total. The molecule has 3 rings (SSSR count). The maximum absolute atomic E-state index is 12.4. The van der Waals surface area contributed by atoms with Crippen LogP contribution in [-0.4, -0.2) is 16.4 Å². The summed E-state index contributed by atoms with van der Waals surface area (Å²) in [4.78, 5) is 23.6. The zero-order valence-corrected chi connectivity index (χ0v) is 13.7. The van der Waals surface area contributed by atoms with Crippen molar-refractivity contribution in [2.45, 2.75) is 20.4 Å². The average Bonchev–Trinajstić information content (AvgIpc) is 2.94.